The number of benzene rings is 1. The van der Waals surface area contributed by atoms with Crippen LogP contribution in [0.5, 0.6) is 5.88 Å². The Kier molecular flexibility index (Phi) is 3.95. The molecule has 0 aliphatic carbocycles. The van der Waals surface area contributed by atoms with Crippen LogP contribution in [-0.2, 0) is 4.74 Å². The van der Waals surface area contributed by atoms with Crippen LogP contribution in [0.15, 0.2) is 24.3 Å². The van der Waals surface area contributed by atoms with Gasteiger partial charge in [-0.25, -0.2) is 9.37 Å². The van der Waals surface area contributed by atoms with Crippen molar-refractivity contribution in [2.24, 2.45) is 0 Å². The number of thiazole rings is 1. The van der Waals surface area contributed by atoms with Crippen LogP contribution < -0.4 is 4.90 Å². The normalized spacial score (nSPS) is 17.4. The van der Waals surface area contributed by atoms with E-state index in [4.69, 9.17) is 4.74 Å². The number of morpholine rings is 1. The predicted octanol–water partition coefficient (Wildman–Crippen LogP) is 0.948. The molecule has 6 nitrogen and oxygen atoms in total. The van der Waals surface area contributed by atoms with E-state index in [2.05, 4.69) is 10.1 Å². The van der Waals surface area contributed by atoms with E-state index >= 15 is 0 Å². The summed E-state index contributed by atoms with van der Waals surface area (Å²) in [7, 11) is 0. The fourth-order valence-corrected chi connectivity index (χ4v) is 4.39. The highest BCUT2D eigenvalue weighted by Crippen LogP contribution is 2.35. The van der Waals surface area contributed by atoms with Gasteiger partial charge in [-0.3, -0.25) is 0 Å². The van der Waals surface area contributed by atoms with Crippen LogP contribution >= 0.6 is 11.3 Å². The van der Waals surface area contributed by atoms with Gasteiger partial charge in [-0.05, 0) is 19.1 Å². The number of quaternary nitrogens is 1. The summed E-state index contributed by atoms with van der Waals surface area (Å²) < 4.78 is 21.4. The lowest BCUT2D eigenvalue weighted by Crippen LogP contribution is -3.14. The minimum atomic E-state index is -0.302. The van der Waals surface area contributed by atoms with E-state index in [1.807, 2.05) is 6.07 Å². The molecule has 126 valence electrons. The molecule has 8 heteroatoms. The van der Waals surface area contributed by atoms with Crippen molar-refractivity contribution in [2.45, 2.75) is 13.0 Å². The van der Waals surface area contributed by atoms with E-state index in [9.17, 15) is 9.50 Å². The average molecular weight is 349 g/mol. The number of hydrogen-bond acceptors (Lipinski definition) is 5. The number of ether oxygens (including phenoxy) is 1. The monoisotopic (exact) mass is 349 g/mol. The summed E-state index contributed by atoms with van der Waals surface area (Å²) in [5.74, 6) is 0.378. The number of aromatic nitrogens is 3. The fraction of sp³-hybridized carbons (Fsp3) is 0.375. The van der Waals surface area contributed by atoms with Crippen molar-refractivity contribution >= 4 is 16.3 Å². The van der Waals surface area contributed by atoms with Gasteiger partial charge in [-0.1, -0.05) is 23.5 Å². The number of fused-ring (bicyclic) bond motifs is 1. The Morgan fingerprint density at radius 1 is 1.33 bits per heavy atom. The first kappa shape index (κ1) is 15.5. The van der Waals surface area contributed by atoms with Crippen LogP contribution in [0.25, 0.3) is 4.96 Å². The first-order chi connectivity index (χ1) is 11.6. The first-order valence-corrected chi connectivity index (χ1v) is 8.68. The molecule has 2 N–H and O–H groups in total. The molecule has 0 bridgehead atoms. The smallest absolute Gasteiger partial charge is 0.235 e. The topological polar surface area (TPSA) is 64.1 Å². The van der Waals surface area contributed by atoms with Crippen LogP contribution in [0.4, 0.5) is 4.39 Å². The van der Waals surface area contributed by atoms with Gasteiger partial charge in [0.2, 0.25) is 10.8 Å². The van der Waals surface area contributed by atoms with Crippen LogP contribution in [0, 0.1) is 12.7 Å². The molecule has 0 radical (unpaired) electrons. The largest absolute Gasteiger partial charge is 0.492 e. The SMILES string of the molecule is Cc1nc2sc([C@H](c3ccccc3F)[NH+]3CCOCC3)c(O)n2n1. The third kappa shape index (κ3) is 2.56. The van der Waals surface area contributed by atoms with Gasteiger partial charge in [0, 0.05) is 0 Å². The van der Waals surface area contributed by atoms with Crippen molar-refractivity contribution in [1.82, 2.24) is 14.6 Å². The number of nitrogens with one attached hydrogen (secondary N) is 1. The van der Waals surface area contributed by atoms with E-state index in [1.165, 1.54) is 26.8 Å². The number of rotatable bonds is 3. The summed E-state index contributed by atoms with van der Waals surface area (Å²) in [5, 5.41) is 14.9. The summed E-state index contributed by atoms with van der Waals surface area (Å²) in [6.07, 6.45) is 0. The fourth-order valence-electron chi connectivity index (χ4n) is 3.21. The third-order valence-corrected chi connectivity index (χ3v) is 5.41. The minimum absolute atomic E-state index is 0.0443. The Labute approximate surface area is 142 Å². The zero-order chi connectivity index (χ0) is 16.7. The van der Waals surface area contributed by atoms with Crippen LogP contribution in [0.2, 0.25) is 0 Å². The van der Waals surface area contributed by atoms with Gasteiger partial charge in [-0.15, -0.1) is 5.10 Å². The van der Waals surface area contributed by atoms with Crippen molar-refractivity contribution in [3.8, 4) is 5.88 Å². The van der Waals surface area contributed by atoms with E-state index < -0.39 is 0 Å². The Hall–Kier alpha value is -2.03. The number of aryl methyl sites for hydroxylation is 1. The van der Waals surface area contributed by atoms with Gasteiger partial charge in [-0.2, -0.15) is 4.52 Å². The number of hydrogen-bond donors (Lipinski definition) is 2. The van der Waals surface area contributed by atoms with Gasteiger partial charge in [0.1, 0.15) is 29.6 Å². The third-order valence-electron chi connectivity index (χ3n) is 4.33. The molecule has 1 aliphatic heterocycles. The molecule has 0 unspecified atom stereocenters. The molecular weight excluding hydrogens is 331 g/mol. The summed E-state index contributed by atoms with van der Waals surface area (Å²) in [5.41, 5.74) is 0.575. The van der Waals surface area contributed by atoms with Gasteiger partial charge in [0.25, 0.3) is 0 Å². The lowest BCUT2D eigenvalue weighted by molar-refractivity contribution is -0.932. The van der Waals surface area contributed by atoms with Gasteiger partial charge in [0.05, 0.1) is 18.8 Å². The minimum Gasteiger partial charge on any atom is -0.492 e. The molecule has 0 amide bonds. The number of halogens is 1. The highest BCUT2D eigenvalue weighted by molar-refractivity contribution is 7.17. The zero-order valence-electron chi connectivity index (χ0n) is 13.2. The summed E-state index contributed by atoms with van der Waals surface area (Å²) in [6.45, 7) is 4.54. The van der Waals surface area contributed by atoms with Crippen LogP contribution in [-0.4, -0.2) is 46.0 Å². The lowest BCUT2D eigenvalue weighted by atomic mass is 10.0. The second-order valence-electron chi connectivity index (χ2n) is 5.87. The van der Waals surface area contributed by atoms with Crippen molar-refractivity contribution in [3.63, 3.8) is 0 Å². The Morgan fingerprint density at radius 3 is 2.79 bits per heavy atom. The quantitative estimate of drug-likeness (QED) is 0.739. The molecular formula is C16H18FN4O2S+. The summed E-state index contributed by atoms with van der Waals surface area (Å²) in [4.78, 5) is 6.80. The predicted molar refractivity (Wildman–Crippen MR) is 87.0 cm³/mol. The number of nitrogens with zero attached hydrogens (tertiary/aromatic N) is 3. The van der Waals surface area contributed by atoms with E-state index in [0.29, 0.717) is 34.4 Å². The molecule has 0 spiro atoms. The number of aromatic hydroxyl groups is 1. The molecule has 4 rings (SSSR count). The second-order valence-corrected chi connectivity index (χ2v) is 6.88. The molecule has 1 aliphatic rings. The molecule has 1 saturated heterocycles. The standard InChI is InChI=1S/C16H17FN4O2S/c1-10-18-16-21(19-10)15(22)14(24-16)13(20-6-8-23-9-7-20)11-4-2-3-5-12(11)17/h2-5,13,22H,6-9H2,1H3/p+1/t13-/m0/s1. The molecule has 1 atom stereocenters. The van der Waals surface area contributed by atoms with Crippen molar-refractivity contribution in [1.29, 1.82) is 0 Å². The van der Waals surface area contributed by atoms with Crippen LogP contribution in [0.3, 0.4) is 0 Å². The van der Waals surface area contributed by atoms with E-state index in [1.54, 1.807) is 19.1 Å². The van der Waals surface area contributed by atoms with E-state index in [-0.39, 0.29) is 17.7 Å². The van der Waals surface area contributed by atoms with Crippen LogP contribution in [0.1, 0.15) is 22.3 Å². The average Bonchev–Trinajstić information content (AvgIpc) is 3.09. The highest BCUT2D eigenvalue weighted by Gasteiger charge is 2.35. The molecule has 3 heterocycles. The molecule has 24 heavy (non-hydrogen) atoms. The molecule has 1 fully saturated rings. The molecule has 3 aromatic rings. The maximum absolute atomic E-state index is 14.5. The Balaban J connectivity index is 1.86. The van der Waals surface area contributed by atoms with E-state index in [0.717, 1.165) is 13.1 Å². The lowest BCUT2D eigenvalue weighted by Gasteiger charge is -2.31. The van der Waals surface area contributed by atoms with Crippen molar-refractivity contribution in [3.05, 3.63) is 46.3 Å². The summed E-state index contributed by atoms with van der Waals surface area (Å²) >= 11 is 1.36. The molecule has 1 aromatic carbocycles. The second kappa shape index (κ2) is 6.12. The first-order valence-electron chi connectivity index (χ1n) is 7.87. The van der Waals surface area contributed by atoms with Gasteiger partial charge >= 0.3 is 0 Å². The molecule has 0 saturated carbocycles. The molecule has 2 aromatic heterocycles. The Bertz CT molecular complexity index is 872. The van der Waals surface area contributed by atoms with Gasteiger partial charge < -0.3 is 14.7 Å². The van der Waals surface area contributed by atoms with Gasteiger partial charge in [0.15, 0.2) is 6.04 Å². The zero-order valence-corrected chi connectivity index (χ0v) is 14.0. The maximum Gasteiger partial charge on any atom is 0.235 e. The van der Waals surface area contributed by atoms with Crippen molar-refractivity contribution < 1.29 is 19.1 Å². The summed E-state index contributed by atoms with van der Waals surface area (Å²) in [6, 6.07) is 6.44. The highest BCUT2D eigenvalue weighted by atomic mass is 32.1. The maximum atomic E-state index is 14.5. The van der Waals surface area contributed by atoms with Crippen molar-refractivity contribution in [2.75, 3.05) is 26.3 Å². The Morgan fingerprint density at radius 2 is 2.08 bits per heavy atom.